The van der Waals surface area contributed by atoms with Gasteiger partial charge in [0.15, 0.2) is 0 Å². The average Bonchev–Trinajstić information content (AvgIpc) is 4.43. The summed E-state index contributed by atoms with van der Waals surface area (Å²) in [5, 5.41) is 5.24. The minimum absolute atomic E-state index is 0. The molecule has 424 valence electrons. The van der Waals surface area contributed by atoms with Crippen molar-refractivity contribution in [1.82, 2.24) is 28.2 Å². The van der Waals surface area contributed by atoms with E-state index >= 15 is 0 Å². The molecule has 1 unspecified atom stereocenters. The molecule has 0 saturated carbocycles. The van der Waals surface area contributed by atoms with E-state index in [0.29, 0.717) is 6.54 Å². The third-order valence-corrected chi connectivity index (χ3v) is 16.0. The highest BCUT2D eigenvalue weighted by atomic mass is 16.1. The van der Waals surface area contributed by atoms with E-state index in [-0.39, 0.29) is 13.3 Å². The number of aldehydes is 1. The molecule has 12 aromatic rings. The predicted octanol–water partition coefficient (Wildman–Crippen LogP) is 18.1. The van der Waals surface area contributed by atoms with Gasteiger partial charge in [0, 0.05) is 58.0 Å². The molecular formula is C76H79N7O. The van der Waals surface area contributed by atoms with Crippen LogP contribution < -0.4 is 5.73 Å². The molecule has 6 aromatic heterocycles. The van der Waals surface area contributed by atoms with Crippen LogP contribution in [-0.4, -0.2) is 34.5 Å². The third kappa shape index (κ3) is 13.1. The first kappa shape index (κ1) is 59.3. The number of hydrogen-bond acceptors (Lipinski definition) is 4. The maximum atomic E-state index is 11.5. The van der Waals surface area contributed by atoms with Gasteiger partial charge in [-0.15, -0.1) is 0 Å². The standard InChI is InChI=1S/C38H39N3.C26H25N3O.C11H11N.CH4/c1-27-21-22-28(2)40(27)37-25-34(26-38(39-37)41-29(3)23-24-30(41)4)36(31-13-6-5-7-14-31)20-11-9-16-33-18-12-17-32-15-8-10-19-35(32)33;1-18-10-11-19(2)28(18)25-16-23(24(14-15-30)22-8-6-5-7-9-22)17-26(27-25)29-20(3)12-13-21(29)4;12-8-10-6-3-5-9-4-1-2-7-11(9)10;/h5-8,10,12-15,17-19,21-26,36H,9,11,16,20H2,1-4H3;5-17H,1-4H3;1-7H,8,12H2;1H4/b;24-14-;;. The lowest BCUT2D eigenvalue weighted by Crippen LogP contribution is -2.11. The summed E-state index contributed by atoms with van der Waals surface area (Å²) in [7, 11) is 0. The van der Waals surface area contributed by atoms with Crippen molar-refractivity contribution in [2.75, 3.05) is 0 Å². The molecule has 0 aliphatic rings. The number of carbonyl (C=O) groups excluding carboxylic acids is 1. The van der Waals surface area contributed by atoms with E-state index in [1.165, 1.54) is 66.6 Å². The molecule has 0 radical (unpaired) electrons. The molecule has 1 atom stereocenters. The number of pyridine rings is 2. The number of aryl methyl sites for hydroxylation is 9. The van der Waals surface area contributed by atoms with E-state index in [0.717, 1.165) is 94.7 Å². The van der Waals surface area contributed by atoms with Crippen molar-refractivity contribution in [3.8, 4) is 23.3 Å². The van der Waals surface area contributed by atoms with Gasteiger partial charge in [-0.1, -0.05) is 159 Å². The number of benzene rings is 6. The maximum Gasteiger partial charge on any atom is 0.143 e. The Morgan fingerprint density at radius 2 is 0.798 bits per heavy atom. The van der Waals surface area contributed by atoms with Crippen molar-refractivity contribution in [3.05, 3.63) is 303 Å². The van der Waals surface area contributed by atoms with Crippen LogP contribution in [0.5, 0.6) is 0 Å². The van der Waals surface area contributed by atoms with Gasteiger partial charge in [0.05, 0.1) is 0 Å². The van der Waals surface area contributed by atoms with Gasteiger partial charge in [0.2, 0.25) is 0 Å². The molecule has 6 aromatic carbocycles. The molecule has 12 rings (SSSR count). The first-order valence-electron chi connectivity index (χ1n) is 29.0. The molecule has 8 heteroatoms. The van der Waals surface area contributed by atoms with E-state index in [4.69, 9.17) is 15.7 Å². The summed E-state index contributed by atoms with van der Waals surface area (Å²) in [6.45, 7) is 17.6. The summed E-state index contributed by atoms with van der Waals surface area (Å²) in [5.41, 5.74) is 23.0. The molecule has 0 fully saturated rings. The van der Waals surface area contributed by atoms with Gasteiger partial charge in [0.1, 0.15) is 29.6 Å². The monoisotopic (exact) mass is 1110 g/mol. The summed E-state index contributed by atoms with van der Waals surface area (Å²) in [4.78, 5) is 21.7. The summed E-state index contributed by atoms with van der Waals surface area (Å²) in [6.07, 6.45) is 6.97. The van der Waals surface area contributed by atoms with Crippen LogP contribution in [0.4, 0.5) is 0 Å². The normalized spacial score (nSPS) is 11.6. The Kier molecular flexibility index (Phi) is 19.1. The van der Waals surface area contributed by atoms with Crippen molar-refractivity contribution in [1.29, 1.82) is 0 Å². The quantitative estimate of drug-likeness (QED) is 0.0629. The van der Waals surface area contributed by atoms with E-state index in [9.17, 15) is 4.79 Å². The predicted molar refractivity (Wildman–Crippen MR) is 352 cm³/mol. The van der Waals surface area contributed by atoms with Crippen LogP contribution in [0.25, 0.3) is 50.4 Å². The highest BCUT2D eigenvalue weighted by Gasteiger charge is 2.21. The number of fused-ring (bicyclic) bond motifs is 2. The molecule has 84 heavy (non-hydrogen) atoms. The van der Waals surface area contributed by atoms with Crippen molar-refractivity contribution in [3.63, 3.8) is 0 Å². The Hall–Kier alpha value is -9.37. The Morgan fingerprint density at radius 1 is 0.417 bits per heavy atom. The Balaban J connectivity index is 0.000000171. The molecule has 0 bridgehead atoms. The zero-order valence-electron chi connectivity index (χ0n) is 49.2. The Bertz CT molecular complexity index is 3990. The van der Waals surface area contributed by atoms with Crippen LogP contribution in [0.1, 0.15) is 112 Å². The zero-order valence-corrected chi connectivity index (χ0v) is 49.2. The SMILES string of the molecule is C.Cc1ccc(C)n1-c1cc(/C(=C\C=O)c2ccccc2)cc(-n2c(C)ccc2C)n1.Cc1ccc(C)n1-c1cc(C(CCCCc2cccc3ccccc23)c2ccccc2)cc(-n2c(C)ccc2C)n1.NCc1cccc2ccccc12. The van der Waals surface area contributed by atoms with E-state index < -0.39 is 0 Å². The molecule has 0 spiro atoms. The van der Waals surface area contributed by atoms with Gasteiger partial charge in [-0.05, 0) is 214 Å². The van der Waals surface area contributed by atoms with Crippen LogP contribution >= 0.6 is 0 Å². The summed E-state index contributed by atoms with van der Waals surface area (Å²) in [5.74, 6) is 3.94. The van der Waals surface area contributed by atoms with E-state index in [2.05, 4.69) is 244 Å². The van der Waals surface area contributed by atoms with Gasteiger partial charge in [-0.2, -0.15) is 0 Å². The van der Waals surface area contributed by atoms with Gasteiger partial charge < -0.3 is 24.0 Å². The van der Waals surface area contributed by atoms with Crippen molar-refractivity contribution < 1.29 is 4.79 Å². The van der Waals surface area contributed by atoms with Crippen LogP contribution in [0, 0.1) is 55.4 Å². The fourth-order valence-electron chi connectivity index (χ4n) is 11.9. The van der Waals surface area contributed by atoms with Gasteiger partial charge in [-0.25, -0.2) is 9.97 Å². The van der Waals surface area contributed by atoms with Gasteiger partial charge in [-0.3, -0.25) is 4.79 Å². The lowest BCUT2D eigenvalue weighted by Gasteiger charge is -2.22. The fourth-order valence-corrected chi connectivity index (χ4v) is 11.9. The van der Waals surface area contributed by atoms with Gasteiger partial charge in [0.25, 0.3) is 0 Å². The van der Waals surface area contributed by atoms with Crippen molar-refractivity contribution in [2.24, 2.45) is 5.73 Å². The van der Waals surface area contributed by atoms with Gasteiger partial charge >= 0.3 is 0 Å². The Labute approximate surface area is 497 Å². The first-order chi connectivity index (χ1) is 40.4. The van der Waals surface area contributed by atoms with Crippen LogP contribution in [0.2, 0.25) is 0 Å². The van der Waals surface area contributed by atoms with Crippen LogP contribution in [0.3, 0.4) is 0 Å². The van der Waals surface area contributed by atoms with Crippen LogP contribution in [0.15, 0.2) is 224 Å². The first-order valence-corrected chi connectivity index (χ1v) is 29.0. The highest BCUT2D eigenvalue weighted by Crippen LogP contribution is 2.35. The number of aromatic nitrogens is 6. The van der Waals surface area contributed by atoms with E-state index in [1.807, 2.05) is 48.5 Å². The largest absolute Gasteiger partial charge is 0.326 e. The zero-order chi connectivity index (χ0) is 58.0. The number of nitrogens with zero attached hydrogens (tertiary/aromatic N) is 6. The number of carbonyl (C=O) groups is 1. The molecule has 0 amide bonds. The molecule has 2 N–H and O–H groups in total. The van der Waals surface area contributed by atoms with E-state index in [1.54, 1.807) is 6.08 Å². The molecule has 8 nitrogen and oxygen atoms in total. The lowest BCUT2D eigenvalue weighted by atomic mass is 9.86. The van der Waals surface area contributed by atoms with Crippen molar-refractivity contribution in [2.45, 2.75) is 101 Å². The number of allylic oxidation sites excluding steroid dienone is 1. The lowest BCUT2D eigenvalue weighted by molar-refractivity contribution is -0.104. The van der Waals surface area contributed by atoms with Crippen LogP contribution in [-0.2, 0) is 17.8 Å². The average molecular weight is 1110 g/mol. The number of hydrogen-bond donors (Lipinski definition) is 1. The second-order valence-electron chi connectivity index (χ2n) is 21.8. The maximum absolute atomic E-state index is 11.5. The highest BCUT2D eigenvalue weighted by molar-refractivity contribution is 5.90. The molecule has 0 aliphatic heterocycles. The second-order valence-corrected chi connectivity index (χ2v) is 21.8. The summed E-state index contributed by atoms with van der Waals surface area (Å²) in [6, 6.07) is 76.8. The molecule has 6 heterocycles. The topological polar surface area (TPSA) is 88.6 Å². The second kappa shape index (κ2) is 27.1. The molecule has 0 saturated heterocycles. The van der Waals surface area contributed by atoms with Crippen molar-refractivity contribution >= 4 is 33.4 Å². The number of rotatable bonds is 15. The fraction of sp³-hybridized carbons (Fsp3) is 0.197. The summed E-state index contributed by atoms with van der Waals surface area (Å²) < 4.78 is 8.85. The summed E-state index contributed by atoms with van der Waals surface area (Å²) >= 11 is 0. The minimum atomic E-state index is 0. The Morgan fingerprint density at radius 3 is 1.24 bits per heavy atom. The molecule has 0 aliphatic carbocycles. The number of unbranched alkanes of at least 4 members (excludes halogenated alkanes) is 1. The third-order valence-electron chi connectivity index (χ3n) is 16.0. The smallest absolute Gasteiger partial charge is 0.143 e. The number of nitrogens with two attached hydrogens (primary N) is 1. The minimum Gasteiger partial charge on any atom is -0.326 e. The molecular weight excluding hydrogens is 1030 g/mol.